The number of hydrogen-bond acceptors (Lipinski definition) is 3. The van der Waals surface area contributed by atoms with Crippen LogP contribution in [-0.4, -0.2) is 18.9 Å². The van der Waals surface area contributed by atoms with Crippen LogP contribution in [-0.2, 0) is 0 Å². The molecule has 2 N–H and O–H groups in total. The summed E-state index contributed by atoms with van der Waals surface area (Å²) in [6, 6.07) is 7.39. The summed E-state index contributed by atoms with van der Waals surface area (Å²) in [6.07, 6.45) is 1.43. The number of ether oxygens (including phenoxy) is 1. The zero-order valence-electron chi connectivity index (χ0n) is 10.6. The van der Waals surface area contributed by atoms with Gasteiger partial charge in [-0.05, 0) is 31.5 Å². The molecule has 3 heteroatoms. The molecular weight excluding hydrogens is 214 g/mol. The predicted molar refractivity (Wildman–Crippen MR) is 69.4 cm³/mol. The Hall–Kier alpha value is -1.35. The summed E-state index contributed by atoms with van der Waals surface area (Å²) in [4.78, 5) is 12.1. The number of hydrogen-bond donors (Lipinski definition) is 1. The molecule has 0 spiro atoms. The second kappa shape index (κ2) is 7.07. The zero-order chi connectivity index (χ0) is 12.7. The van der Waals surface area contributed by atoms with E-state index in [1.807, 2.05) is 31.2 Å². The Bertz CT molecular complexity index is 359. The van der Waals surface area contributed by atoms with Gasteiger partial charge in [-0.2, -0.15) is 0 Å². The van der Waals surface area contributed by atoms with Crippen LogP contribution in [0.25, 0.3) is 0 Å². The van der Waals surface area contributed by atoms with Gasteiger partial charge in [0.05, 0.1) is 12.2 Å². The lowest BCUT2D eigenvalue weighted by molar-refractivity contribution is 0.0957. The van der Waals surface area contributed by atoms with E-state index in [4.69, 9.17) is 10.5 Å². The smallest absolute Gasteiger partial charge is 0.166 e. The standard InChI is InChI=1S/C14H21NO2/c1-3-11(10-15)9-13(16)12-7-5-6-8-14(12)17-4-2/h5-8,11H,3-4,9-10,15H2,1-2H3. The van der Waals surface area contributed by atoms with Crippen molar-refractivity contribution in [2.45, 2.75) is 26.7 Å². The van der Waals surface area contributed by atoms with E-state index in [2.05, 4.69) is 6.92 Å². The van der Waals surface area contributed by atoms with Crippen LogP contribution in [0, 0.1) is 5.92 Å². The van der Waals surface area contributed by atoms with E-state index in [-0.39, 0.29) is 11.7 Å². The van der Waals surface area contributed by atoms with E-state index in [0.29, 0.717) is 30.9 Å². The third kappa shape index (κ3) is 3.86. The Balaban J connectivity index is 2.80. The first-order valence-corrected chi connectivity index (χ1v) is 6.18. The molecule has 0 amide bonds. The second-order valence-corrected chi connectivity index (χ2v) is 4.07. The summed E-state index contributed by atoms with van der Waals surface area (Å²) in [7, 11) is 0. The summed E-state index contributed by atoms with van der Waals surface area (Å²) in [5.74, 6) is 1.05. The Kier molecular flexibility index (Phi) is 5.70. The molecule has 0 aromatic heterocycles. The van der Waals surface area contributed by atoms with Crippen LogP contribution in [0.2, 0.25) is 0 Å². The molecule has 0 fully saturated rings. The van der Waals surface area contributed by atoms with Crippen molar-refractivity contribution in [1.29, 1.82) is 0 Å². The second-order valence-electron chi connectivity index (χ2n) is 4.07. The maximum atomic E-state index is 12.1. The summed E-state index contributed by atoms with van der Waals surface area (Å²) in [6.45, 7) is 5.09. The molecule has 0 saturated heterocycles. The van der Waals surface area contributed by atoms with E-state index in [0.717, 1.165) is 6.42 Å². The van der Waals surface area contributed by atoms with Crippen molar-refractivity contribution in [1.82, 2.24) is 0 Å². The molecule has 1 rings (SSSR count). The van der Waals surface area contributed by atoms with E-state index in [1.54, 1.807) is 0 Å². The molecule has 0 saturated carbocycles. The molecule has 0 aliphatic carbocycles. The fraction of sp³-hybridized carbons (Fsp3) is 0.500. The minimum Gasteiger partial charge on any atom is -0.493 e. The first kappa shape index (κ1) is 13.7. The molecule has 1 unspecified atom stereocenters. The first-order chi connectivity index (χ1) is 8.22. The number of Topliss-reactive ketones (excluding diaryl/α,β-unsaturated/α-hetero) is 1. The lowest BCUT2D eigenvalue weighted by Crippen LogP contribution is -2.18. The normalized spacial score (nSPS) is 12.2. The highest BCUT2D eigenvalue weighted by Gasteiger charge is 2.15. The van der Waals surface area contributed by atoms with Crippen molar-refractivity contribution >= 4 is 5.78 Å². The van der Waals surface area contributed by atoms with Crippen molar-refractivity contribution in [3.8, 4) is 5.75 Å². The van der Waals surface area contributed by atoms with Gasteiger partial charge in [-0.1, -0.05) is 25.5 Å². The van der Waals surface area contributed by atoms with Crippen molar-refractivity contribution in [2.75, 3.05) is 13.2 Å². The Labute approximate surface area is 103 Å². The molecule has 17 heavy (non-hydrogen) atoms. The van der Waals surface area contributed by atoms with E-state index >= 15 is 0 Å². The van der Waals surface area contributed by atoms with E-state index in [9.17, 15) is 4.79 Å². The summed E-state index contributed by atoms with van der Waals surface area (Å²) < 4.78 is 5.45. The van der Waals surface area contributed by atoms with Crippen molar-refractivity contribution in [3.63, 3.8) is 0 Å². The molecule has 0 aliphatic heterocycles. The number of carbonyl (C=O) groups excluding carboxylic acids is 1. The Morgan fingerprint density at radius 3 is 2.65 bits per heavy atom. The fourth-order valence-corrected chi connectivity index (χ4v) is 1.74. The summed E-state index contributed by atoms with van der Waals surface area (Å²) in [5, 5.41) is 0. The van der Waals surface area contributed by atoms with Gasteiger partial charge in [0.1, 0.15) is 5.75 Å². The van der Waals surface area contributed by atoms with Gasteiger partial charge in [-0.25, -0.2) is 0 Å². The first-order valence-electron chi connectivity index (χ1n) is 6.18. The third-order valence-corrected chi connectivity index (χ3v) is 2.87. The lowest BCUT2D eigenvalue weighted by Gasteiger charge is -2.13. The SMILES string of the molecule is CCOc1ccccc1C(=O)CC(CC)CN. The number of para-hydroxylation sites is 1. The number of ketones is 1. The van der Waals surface area contributed by atoms with Gasteiger partial charge in [0.15, 0.2) is 5.78 Å². The molecule has 94 valence electrons. The molecule has 1 atom stereocenters. The number of benzene rings is 1. The van der Waals surface area contributed by atoms with Crippen LogP contribution in [0.1, 0.15) is 37.0 Å². The maximum absolute atomic E-state index is 12.1. The van der Waals surface area contributed by atoms with Crippen LogP contribution >= 0.6 is 0 Å². The van der Waals surface area contributed by atoms with Crippen molar-refractivity contribution < 1.29 is 9.53 Å². The van der Waals surface area contributed by atoms with Gasteiger partial charge >= 0.3 is 0 Å². The van der Waals surface area contributed by atoms with Crippen LogP contribution < -0.4 is 10.5 Å². The van der Waals surface area contributed by atoms with Gasteiger partial charge in [0, 0.05) is 6.42 Å². The van der Waals surface area contributed by atoms with Gasteiger partial charge in [-0.3, -0.25) is 4.79 Å². The zero-order valence-corrected chi connectivity index (χ0v) is 10.6. The minimum atomic E-state index is 0.117. The van der Waals surface area contributed by atoms with Gasteiger partial charge < -0.3 is 10.5 Å². The number of nitrogens with two attached hydrogens (primary N) is 1. The average molecular weight is 235 g/mol. The van der Waals surface area contributed by atoms with Gasteiger partial charge in [0.25, 0.3) is 0 Å². The molecule has 1 aromatic carbocycles. The van der Waals surface area contributed by atoms with Crippen LogP contribution in [0.15, 0.2) is 24.3 Å². The summed E-state index contributed by atoms with van der Waals surface area (Å²) >= 11 is 0. The highest BCUT2D eigenvalue weighted by Crippen LogP contribution is 2.21. The monoisotopic (exact) mass is 235 g/mol. The Morgan fingerprint density at radius 1 is 1.35 bits per heavy atom. The van der Waals surface area contributed by atoms with Crippen molar-refractivity contribution in [3.05, 3.63) is 29.8 Å². The van der Waals surface area contributed by atoms with E-state index < -0.39 is 0 Å². The third-order valence-electron chi connectivity index (χ3n) is 2.87. The van der Waals surface area contributed by atoms with Crippen molar-refractivity contribution in [2.24, 2.45) is 11.7 Å². The summed E-state index contributed by atoms with van der Waals surface area (Å²) in [5.41, 5.74) is 6.29. The number of rotatable bonds is 7. The molecular formula is C14H21NO2. The molecule has 1 aromatic rings. The predicted octanol–water partition coefficient (Wildman–Crippen LogP) is 2.64. The largest absolute Gasteiger partial charge is 0.493 e. The molecule has 0 bridgehead atoms. The quantitative estimate of drug-likeness (QED) is 0.739. The minimum absolute atomic E-state index is 0.117. The van der Waals surface area contributed by atoms with Crippen LogP contribution in [0.3, 0.4) is 0 Å². The maximum Gasteiger partial charge on any atom is 0.166 e. The Morgan fingerprint density at radius 2 is 2.06 bits per heavy atom. The van der Waals surface area contributed by atoms with Gasteiger partial charge in [0.2, 0.25) is 0 Å². The topological polar surface area (TPSA) is 52.3 Å². The average Bonchev–Trinajstić information content (AvgIpc) is 2.36. The molecule has 0 radical (unpaired) electrons. The van der Waals surface area contributed by atoms with Crippen LogP contribution in [0.5, 0.6) is 5.75 Å². The molecule has 0 heterocycles. The molecule has 3 nitrogen and oxygen atoms in total. The van der Waals surface area contributed by atoms with E-state index in [1.165, 1.54) is 0 Å². The molecule has 0 aliphatic rings. The van der Waals surface area contributed by atoms with Gasteiger partial charge in [-0.15, -0.1) is 0 Å². The highest BCUT2D eigenvalue weighted by atomic mass is 16.5. The number of carbonyl (C=O) groups is 1. The highest BCUT2D eigenvalue weighted by molar-refractivity contribution is 5.98. The fourth-order valence-electron chi connectivity index (χ4n) is 1.74. The lowest BCUT2D eigenvalue weighted by atomic mass is 9.96. The van der Waals surface area contributed by atoms with Crippen LogP contribution in [0.4, 0.5) is 0 Å².